The predicted molar refractivity (Wildman–Crippen MR) is 229 cm³/mol. The van der Waals surface area contributed by atoms with Crippen molar-refractivity contribution in [2.45, 2.75) is 0 Å². The third kappa shape index (κ3) is 4.88. The highest BCUT2D eigenvalue weighted by molar-refractivity contribution is 6.14. The zero-order valence-electron chi connectivity index (χ0n) is 29.5. The van der Waals surface area contributed by atoms with Crippen LogP contribution in [0.5, 0.6) is 0 Å². The topological polar surface area (TPSA) is 9.86 Å². The van der Waals surface area contributed by atoms with Crippen LogP contribution in [-0.4, -0.2) is 9.13 Å². The van der Waals surface area contributed by atoms with E-state index >= 15 is 0 Å². The first-order valence-electron chi connectivity index (χ1n) is 18.6. The third-order valence-corrected chi connectivity index (χ3v) is 11.1. The normalized spacial score (nSPS) is 11.7. The monoisotopic (exact) mass is 686 g/mol. The van der Waals surface area contributed by atoms with Crippen LogP contribution in [0.4, 0.5) is 0 Å². The first-order valence-corrected chi connectivity index (χ1v) is 18.6. The van der Waals surface area contributed by atoms with E-state index in [9.17, 15) is 0 Å². The highest BCUT2D eigenvalue weighted by Gasteiger charge is 2.18. The molecule has 0 unspecified atom stereocenters. The average Bonchev–Trinajstić information content (AvgIpc) is 3.75. The molecule has 0 saturated carbocycles. The lowest BCUT2D eigenvalue weighted by molar-refractivity contribution is 1.18. The summed E-state index contributed by atoms with van der Waals surface area (Å²) in [6.07, 6.45) is 0. The van der Waals surface area contributed by atoms with Crippen molar-refractivity contribution in [3.63, 3.8) is 0 Å². The molecule has 0 aliphatic heterocycles. The molecule has 0 bridgehead atoms. The van der Waals surface area contributed by atoms with Gasteiger partial charge in [-0.1, -0.05) is 133 Å². The highest BCUT2D eigenvalue weighted by Crippen LogP contribution is 2.40. The van der Waals surface area contributed by atoms with Gasteiger partial charge in [0.25, 0.3) is 0 Å². The van der Waals surface area contributed by atoms with Crippen molar-refractivity contribution >= 4 is 54.4 Å². The van der Waals surface area contributed by atoms with Gasteiger partial charge < -0.3 is 9.13 Å². The Hall–Kier alpha value is -7.16. The summed E-state index contributed by atoms with van der Waals surface area (Å²) >= 11 is 0. The van der Waals surface area contributed by atoms with Crippen LogP contribution in [0.2, 0.25) is 0 Å². The van der Waals surface area contributed by atoms with Gasteiger partial charge in [0.1, 0.15) is 0 Å². The maximum Gasteiger partial charge on any atom is 0.0541 e. The van der Waals surface area contributed by atoms with Crippen molar-refractivity contribution in [3.8, 4) is 44.8 Å². The smallest absolute Gasteiger partial charge is 0.0541 e. The Morgan fingerprint density at radius 3 is 1.06 bits per heavy atom. The summed E-state index contributed by atoms with van der Waals surface area (Å²) in [6.45, 7) is 0. The summed E-state index contributed by atoms with van der Waals surface area (Å²) in [7, 11) is 0. The van der Waals surface area contributed by atoms with Gasteiger partial charge in [-0.2, -0.15) is 0 Å². The first kappa shape index (κ1) is 30.5. The fraction of sp³-hybridized carbons (Fsp3) is 0. The minimum absolute atomic E-state index is 1.16. The van der Waals surface area contributed by atoms with E-state index in [4.69, 9.17) is 0 Å². The van der Waals surface area contributed by atoms with Crippen LogP contribution in [-0.2, 0) is 0 Å². The molecule has 11 rings (SSSR count). The van der Waals surface area contributed by atoms with Crippen LogP contribution in [0.3, 0.4) is 0 Å². The maximum absolute atomic E-state index is 2.43. The number of para-hydroxylation sites is 1. The van der Waals surface area contributed by atoms with Crippen LogP contribution < -0.4 is 0 Å². The second-order valence-corrected chi connectivity index (χ2v) is 14.2. The third-order valence-electron chi connectivity index (χ3n) is 11.1. The molecule has 9 aromatic carbocycles. The zero-order valence-corrected chi connectivity index (χ0v) is 29.5. The number of rotatable bonds is 5. The summed E-state index contributed by atoms with van der Waals surface area (Å²) in [5.41, 5.74) is 14.4. The van der Waals surface area contributed by atoms with Crippen LogP contribution in [0.1, 0.15) is 0 Å². The Balaban J connectivity index is 1.14. The number of aromatic nitrogens is 2. The molecule has 2 heteroatoms. The van der Waals surface area contributed by atoms with Gasteiger partial charge in [-0.15, -0.1) is 0 Å². The molecule has 0 fully saturated rings. The van der Waals surface area contributed by atoms with Crippen molar-refractivity contribution in [1.29, 1.82) is 0 Å². The molecule has 0 aliphatic rings. The van der Waals surface area contributed by atoms with Crippen LogP contribution in [0.25, 0.3) is 99.1 Å². The fourth-order valence-electron chi connectivity index (χ4n) is 8.48. The lowest BCUT2D eigenvalue weighted by Crippen LogP contribution is -1.94. The molecule has 54 heavy (non-hydrogen) atoms. The van der Waals surface area contributed by atoms with Crippen molar-refractivity contribution < 1.29 is 0 Å². The minimum Gasteiger partial charge on any atom is -0.309 e. The second kappa shape index (κ2) is 12.2. The van der Waals surface area contributed by atoms with Crippen LogP contribution in [0, 0.1) is 0 Å². The van der Waals surface area contributed by atoms with E-state index in [0.29, 0.717) is 0 Å². The Morgan fingerprint density at radius 2 is 0.593 bits per heavy atom. The Morgan fingerprint density at radius 1 is 0.222 bits per heavy atom. The average molecular weight is 687 g/mol. The highest BCUT2D eigenvalue weighted by atomic mass is 15.0. The van der Waals surface area contributed by atoms with E-state index in [2.05, 4.69) is 215 Å². The molecule has 2 heterocycles. The van der Waals surface area contributed by atoms with Gasteiger partial charge in [0.2, 0.25) is 0 Å². The number of hydrogen-bond donors (Lipinski definition) is 0. The summed E-state index contributed by atoms with van der Waals surface area (Å²) in [4.78, 5) is 0. The van der Waals surface area contributed by atoms with Crippen molar-refractivity contribution in [2.75, 3.05) is 0 Å². The number of benzene rings is 9. The Kier molecular flexibility index (Phi) is 6.90. The van der Waals surface area contributed by atoms with Gasteiger partial charge >= 0.3 is 0 Å². The van der Waals surface area contributed by atoms with E-state index in [-0.39, 0.29) is 0 Å². The lowest BCUT2D eigenvalue weighted by Gasteiger charge is -2.10. The summed E-state index contributed by atoms with van der Waals surface area (Å²) in [6, 6.07) is 75.3. The van der Waals surface area contributed by atoms with E-state index < -0.39 is 0 Å². The molecular weight excluding hydrogens is 653 g/mol. The molecule has 252 valence electrons. The summed E-state index contributed by atoms with van der Waals surface area (Å²) < 4.78 is 4.83. The quantitative estimate of drug-likeness (QED) is 0.171. The van der Waals surface area contributed by atoms with E-state index in [0.717, 1.165) is 5.69 Å². The van der Waals surface area contributed by atoms with Gasteiger partial charge in [0.15, 0.2) is 0 Å². The van der Waals surface area contributed by atoms with Crippen LogP contribution >= 0.6 is 0 Å². The summed E-state index contributed by atoms with van der Waals surface area (Å²) in [5.74, 6) is 0. The van der Waals surface area contributed by atoms with Gasteiger partial charge in [0.05, 0.1) is 22.1 Å². The lowest BCUT2D eigenvalue weighted by atomic mass is 9.98. The fourth-order valence-corrected chi connectivity index (χ4v) is 8.48. The van der Waals surface area contributed by atoms with E-state index in [1.165, 1.54) is 93.5 Å². The number of hydrogen-bond acceptors (Lipinski definition) is 0. The standard InChI is InChI=1S/C52H34N2/c1-4-12-35(13-5-1)39-21-26-49-45(31-39)47-33-41(23-28-50(47)53(49)43-18-8-3-9-19-43)42-24-29-52-48(34-42)46-32-40(36-14-6-2-7-15-36)22-27-51(46)54(52)44-25-20-37-16-10-11-17-38(37)30-44/h1-34H. The SMILES string of the molecule is c1ccc(-c2ccc3c(c2)c2cc(-c4ccc5c(c4)c4cc(-c6ccccc6)ccc4n5-c4ccc5ccccc5c4)ccc2n3-c2ccccc2)cc1. The molecule has 0 saturated heterocycles. The molecule has 11 aromatic rings. The largest absolute Gasteiger partial charge is 0.309 e. The van der Waals surface area contributed by atoms with Gasteiger partial charge in [-0.3, -0.25) is 0 Å². The van der Waals surface area contributed by atoms with E-state index in [1.54, 1.807) is 0 Å². The molecular formula is C52H34N2. The predicted octanol–water partition coefficient (Wildman–Crippen LogP) is 14.0. The molecule has 0 radical (unpaired) electrons. The molecule has 0 spiro atoms. The maximum atomic E-state index is 2.43. The van der Waals surface area contributed by atoms with Crippen LogP contribution in [0.15, 0.2) is 206 Å². The van der Waals surface area contributed by atoms with Gasteiger partial charge in [-0.05, 0) is 117 Å². The zero-order chi connectivity index (χ0) is 35.6. The molecule has 2 aromatic heterocycles. The second-order valence-electron chi connectivity index (χ2n) is 14.2. The molecule has 0 amide bonds. The minimum atomic E-state index is 1.16. The van der Waals surface area contributed by atoms with Crippen molar-refractivity contribution in [1.82, 2.24) is 9.13 Å². The van der Waals surface area contributed by atoms with Crippen molar-refractivity contribution in [3.05, 3.63) is 206 Å². The van der Waals surface area contributed by atoms with Crippen molar-refractivity contribution in [2.24, 2.45) is 0 Å². The van der Waals surface area contributed by atoms with E-state index in [1.807, 2.05) is 0 Å². The number of fused-ring (bicyclic) bond motifs is 7. The Bertz CT molecular complexity index is 3190. The molecule has 0 aliphatic carbocycles. The summed E-state index contributed by atoms with van der Waals surface area (Å²) in [5, 5.41) is 7.46. The molecule has 0 N–H and O–H groups in total. The van der Waals surface area contributed by atoms with Gasteiger partial charge in [0, 0.05) is 32.9 Å². The Labute approximate surface area is 313 Å². The van der Waals surface area contributed by atoms with Gasteiger partial charge in [-0.25, -0.2) is 0 Å². The molecule has 2 nitrogen and oxygen atoms in total. The molecule has 0 atom stereocenters. The number of nitrogens with zero attached hydrogens (tertiary/aromatic N) is 2. The first-order chi connectivity index (χ1) is 26.8.